The summed E-state index contributed by atoms with van der Waals surface area (Å²) in [6.07, 6.45) is 10.5. The van der Waals surface area contributed by atoms with Gasteiger partial charge in [-0.1, -0.05) is 53.4 Å². The Morgan fingerprint density at radius 1 is 0.478 bits per heavy atom. The van der Waals surface area contributed by atoms with Gasteiger partial charge >= 0.3 is 0 Å². The van der Waals surface area contributed by atoms with Crippen molar-refractivity contribution in [3.63, 3.8) is 0 Å². The highest BCUT2D eigenvalue weighted by molar-refractivity contribution is 4.54. The first kappa shape index (κ1) is 22.9. The van der Waals surface area contributed by atoms with E-state index in [1.54, 1.807) is 0 Å². The lowest BCUT2D eigenvalue weighted by Crippen LogP contribution is -2.23. The van der Waals surface area contributed by atoms with Crippen molar-refractivity contribution in [2.75, 3.05) is 52.5 Å². The first-order valence-electron chi connectivity index (χ1n) is 10.3. The van der Waals surface area contributed by atoms with Crippen molar-refractivity contribution < 1.29 is 4.74 Å². The molecule has 0 unspecified atom stereocenters. The molecule has 0 aliphatic carbocycles. The smallest absolute Gasteiger partial charge is 0.0466 e. The number of hydrogen-bond acceptors (Lipinski definition) is 3. The first-order chi connectivity index (χ1) is 11.3. The molecule has 23 heavy (non-hydrogen) atoms. The lowest BCUT2D eigenvalue weighted by atomic mass is 10.2. The van der Waals surface area contributed by atoms with Gasteiger partial charge in [0.2, 0.25) is 0 Å². The fraction of sp³-hybridized carbons (Fsp3) is 1.00. The highest BCUT2D eigenvalue weighted by atomic mass is 16.5. The van der Waals surface area contributed by atoms with Crippen LogP contribution in [0.15, 0.2) is 0 Å². The van der Waals surface area contributed by atoms with Crippen molar-refractivity contribution in [2.45, 2.75) is 79.1 Å². The van der Waals surface area contributed by atoms with E-state index < -0.39 is 0 Å². The van der Waals surface area contributed by atoms with Crippen LogP contribution >= 0.6 is 0 Å². The summed E-state index contributed by atoms with van der Waals surface area (Å²) >= 11 is 0. The molecule has 0 N–H and O–H groups in total. The Morgan fingerprint density at radius 3 is 1.17 bits per heavy atom. The lowest BCUT2D eigenvalue weighted by Gasteiger charge is -2.17. The lowest BCUT2D eigenvalue weighted by molar-refractivity contribution is 0.125. The Morgan fingerprint density at radius 2 is 0.826 bits per heavy atom. The van der Waals surface area contributed by atoms with Crippen molar-refractivity contribution in [3.05, 3.63) is 0 Å². The van der Waals surface area contributed by atoms with Crippen LogP contribution in [0.4, 0.5) is 0 Å². The molecule has 0 aromatic rings. The van der Waals surface area contributed by atoms with Gasteiger partial charge in [-0.25, -0.2) is 0 Å². The maximum absolute atomic E-state index is 5.75. The predicted octanol–water partition coefficient (Wildman–Crippen LogP) is 4.81. The van der Waals surface area contributed by atoms with E-state index in [-0.39, 0.29) is 0 Å². The van der Waals surface area contributed by atoms with E-state index in [1.807, 2.05) is 0 Å². The summed E-state index contributed by atoms with van der Waals surface area (Å²) in [7, 11) is 0. The molecular formula is C20H44N2O. The third kappa shape index (κ3) is 15.2. The topological polar surface area (TPSA) is 15.7 Å². The van der Waals surface area contributed by atoms with E-state index >= 15 is 0 Å². The van der Waals surface area contributed by atoms with Gasteiger partial charge in [0.15, 0.2) is 0 Å². The average Bonchev–Trinajstić information content (AvgIpc) is 2.59. The molecule has 0 aromatic heterocycles. The molecule has 0 rings (SSSR count). The van der Waals surface area contributed by atoms with Crippen LogP contribution in [-0.4, -0.2) is 62.3 Å². The molecule has 0 spiro atoms. The number of nitrogens with zero attached hydrogens (tertiary/aromatic N) is 2. The van der Waals surface area contributed by atoms with E-state index in [0.29, 0.717) is 0 Å². The Balaban J connectivity index is 3.13. The van der Waals surface area contributed by atoms with Gasteiger partial charge in [-0.05, 0) is 65.0 Å². The second-order valence-electron chi connectivity index (χ2n) is 6.49. The molecule has 0 aliphatic heterocycles. The van der Waals surface area contributed by atoms with Gasteiger partial charge in [0, 0.05) is 13.2 Å². The number of hydrogen-bond donors (Lipinski definition) is 0. The number of rotatable bonds is 18. The average molecular weight is 329 g/mol. The van der Waals surface area contributed by atoms with Crippen LogP contribution in [0, 0.1) is 0 Å². The Bertz CT molecular complexity index is 194. The SMILES string of the molecule is CCN(CC)CCCCCCOCCCCCCN(CC)CC. The third-order valence-corrected chi connectivity index (χ3v) is 4.81. The molecule has 140 valence electrons. The molecule has 0 amide bonds. The summed E-state index contributed by atoms with van der Waals surface area (Å²) in [6, 6.07) is 0. The summed E-state index contributed by atoms with van der Waals surface area (Å²) in [5.41, 5.74) is 0. The molecule has 0 saturated heterocycles. The Labute approximate surface area is 146 Å². The van der Waals surface area contributed by atoms with Crippen molar-refractivity contribution in [1.29, 1.82) is 0 Å². The fourth-order valence-electron chi connectivity index (χ4n) is 2.97. The third-order valence-electron chi connectivity index (χ3n) is 4.81. The number of ether oxygens (including phenoxy) is 1. The highest BCUT2D eigenvalue weighted by Gasteiger charge is 1.99. The summed E-state index contributed by atoms with van der Waals surface area (Å²) in [5, 5.41) is 0. The largest absolute Gasteiger partial charge is 0.381 e. The molecule has 0 aromatic carbocycles. The Kier molecular flexibility index (Phi) is 18.1. The maximum Gasteiger partial charge on any atom is 0.0466 e. The molecule has 3 heteroatoms. The van der Waals surface area contributed by atoms with Gasteiger partial charge < -0.3 is 14.5 Å². The summed E-state index contributed by atoms with van der Waals surface area (Å²) < 4.78 is 5.75. The van der Waals surface area contributed by atoms with Crippen LogP contribution in [-0.2, 0) is 4.74 Å². The molecule has 0 fully saturated rings. The van der Waals surface area contributed by atoms with Crippen LogP contribution in [0.5, 0.6) is 0 Å². The van der Waals surface area contributed by atoms with Crippen LogP contribution < -0.4 is 0 Å². The minimum atomic E-state index is 0.963. The first-order valence-corrected chi connectivity index (χ1v) is 10.3. The fourth-order valence-corrected chi connectivity index (χ4v) is 2.97. The second kappa shape index (κ2) is 18.2. The number of unbranched alkanes of at least 4 members (excludes halogenated alkanes) is 6. The van der Waals surface area contributed by atoms with Crippen molar-refractivity contribution in [3.8, 4) is 0 Å². The van der Waals surface area contributed by atoms with Crippen molar-refractivity contribution in [1.82, 2.24) is 9.80 Å². The van der Waals surface area contributed by atoms with Crippen LogP contribution in [0.3, 0.4) is 0 Å². The standard InChI is InChI=1S/C20H44N2O/c1-5-21(6-2)17-13-9-11-15-19-23-20-16-12-10-14-18-22(7-3)8-4/h5-20H2,1-4H3. The molecule has 0 aliphatic rings. The van der Waals surface area contributed by atoms with Gasteiger partial charge in [0.05, 0.1) is 0 Å². The maximum atomic E-state index is 5.75. The zero-order chi connectivity index (χ0) is 17.2. The summed E-state index contributed by atoms with van der Waals surface area (Å²) in [6.45, 7) is 18.2. The van der Waals surface area contributed by atoms with Crippen LogP contribution in [0.2, 0.25) is 0 Å². The zero-order valence-electron chi connectivity index (χ0n) is 16.6. The minimum absolute atomic E-state index is 0.963. The molecule has 0 heterocycles. The molecule has 0 bridgehead atoms. The molecule has 0 saturated carbocycles. The summed E-state index contributed by atoms with van der Waals surface area (Å²) in [5.74, 6) is 0. The van der Waals surface area contributed by atoms with Crippen LogP contribution in [0.25, 0.3) is 0 Å². The highest BCUT2D eigenvalue weighted by Crippen LogP contribution is 2.04. The molecule has 0 atom stereocenters. The quantitative estimate of drug-likeness (QED) is 0.336. The summed E-state index contributed by atoms with van der Waals surface area (Å²) in [4.78, 5) is 5.02. The van der Waals surface area contributed by atoms with Crippen LogP contribution in [0.1, 0.15) is 79.1 Å². The van der Waals surface area contributed by atoms with Gasteiger partial charge in [-0.2, -0.15) is 0 Å². The minimum Gasteiger partial charge on any atom is -0.381 e. The van der Waals surface area contributed by atoms with E-state index in [0.717, 1.165) is 13.2 Å². The molecule has 3 nitrogen and oxygen atoms in total. The van der Waals surface area contributed by atoms with E-state index in [2.05, 4.69) is 37.5 Å². The van der Waals surface area contributed by atoms with Gasteiger partial charge in [-0.15, -0.1) is 0 Å². The van der Waals surface area contributed by atoms with E-state index in [4.69, 9.17) is 4.74 Å². The zero-order valence-corrected chi connectivity index (χ0v) is 16.6. The Hall–Kier alpha value is -0.120. The van der Waals surface area contributed by atoms with Crippen molar-refractivity contribution in [2.24, 2.45) is 0 Å². The molecule has 0 radical (unpaired) electrons. The predicted molar refractivity (Wildman–Crippen MR) is 103 cm³/mol. The van der Waals surface area contributed by atoms with E-state index in [1.165, 1.54) is 90.6 Å². The van der Waals surface area contributed by atoms with E-state index in [9.17, 15) is 0 Å². The van der Waals surface area contributed by atoms with Crippen molar-refractivity contribution >= 4 is 0 Å². The van der Waals surface area contributed by atoms with Gasteiger partial charge in [0.1, 0.15) is 0 Å². The second-order valence-corrected chi connectivity index (χ2v) is 6.49. The van der Waals surface area contributed by atoms with Gasteiger partial charge in [0.25, 0.3) is 0 Å². The van der Waals surface area contributed by atoms with Gasteiger partial charge in [-0.3, -0.25) is 0 Å². The monoisotopic (exact) mass is 328 g/mol. The normalized spacial score (nSPS) is 11.7. The molecular weight excluding hydrogens is 284 g/mol.